The van der Waals surface area contributed by atoms with E-state index in [1.807, 2.05) is 25.1 Å². The maximum absolute atomic E-state index is 13.8. The van der Waals surface area contributed by atoms with Crippen molar-refractivity contribution in [2.75, 3.05) is 18.0 Å². The molecule has 0 N–H and O–H groups in total. The number of pyridine rings is 1. The second kappa shape index (κ2) is 9.77. The van der Waals surface area contributed by atoms with Crippen LogP contribution in [0.5, 0.6) is 0 Å². The smallest absolute Gasteiger partial charge is 0.252 e. The highest BCUT2D eigenvalue weighted by Gasteiger charge is 2.35. The highest BCUT2D eigenvalue weighted by atomic mass is 32.2. The monoisotopic (exact) mass is 526 g/mol. The van der Waals surface area contributed by atoms with Gasteiger partial charge < -0.3 is 0 Å². The summed E-state index contributed by atoms with van der Waals surface area (Å²) in [6, 6.07) is 11.4. The highest BCUT2D eigenvalue weighted by molar-refractivity contribution is 7.91. The highest BCUT2D eigenvalue weighted by Crippen LogP contribution is 2.35. The summed E-state index contributed by atoms with van der Waals surface area (Å²) in [6.45, 7) is 5.14. The van der Waals surface area contributed by atoms with Crippen LogP contribution in [0.25, 0.3) is 10.2 Å². The Morgan fingerprint density at radius 3 is 2.66 bits per heavy atom. The summed E-state index contributed by atoms with van der Waals surface area (Å²) in [6.07, 6.45) is 4.44. The fraction of sp³-hybridized carbons (Fsp3) is 0.320. The molecule has 4 heterocycles. The molecule has 3 aromatic heterocycles. The van der Waals surface area contributed by atoms with E-state index in [0.29, 0.717) is 41.8 Å². The summed E-state index contributed by atoms with van der Waals surface area (Å²) in [4.78, 5) is 24.6. The molecule has 0 unspecified atom stereocenters. The third kappa shape index (κ3) is 4.88. The third-order valence-electron chi connectivity index (χ3n) is 6.26. The molecule has 7 nitrogen and oxygen atoms in total. The van der Waals surface area contributed by atoms with Gasteiger partial charge in [-0.15, -0.1) is 11.3 Å². The number of piperidine rings is 1. The van der Waals surface area contributed by atoms with Gasteiger partial charge in [-0.05, 0) is 67.0 Å². The first-order valence-corrected chi connectivity index (χ1v) is 14.6. The normalized spacial score (nSPS) is 15.5. The van der Waals surface area contributed by atoms with E-state index in [2.05, 4.69) is 18.0 Å². The number of amides is 1. The van der Waals surface area contributed by atoms with Crippen molar-refractivity contribution in [2.24, 2.45) is 5.92 Å². The van der Waals surface area contributed by atoms with Gasteiger partial charge in [-0.3, -0.25) is 14.7 Å². The average molecular weight is 527 g/mol. The number of aryl methyl sites for hydroxylation is 2. The van der Waals surface area contributed by atoms with Crippen LogP contribution in [0.1, 0.15) is 29.5 Å². The number of hydrogen-bond donors (Lipinski definition) is 0. The van der Waals surface area contributed by atoms with Gasteiger partial charge in [0.2, 0.25) is 5.91 Å². The van der Waals surface area contributed by atoms with Gasteiger partial charge in [0.25, 0.3) is 10.0 Å². The van der Waals surface area contributed by atoms with Crippen LogP contribution in [-0.4, -0.2) is 41.7 Å². The Morgan fingerprint density at radius 2 is 1.97 bits per heavy atom. The minimum absolute atomic E-state index is 0.0181. The quantitative estimate of drug-likeness (QED) is 0.353. The molecular formula is C25H26N4O3S3. The predicted molar refractivity (Wildman–Crippen MR) is 140 cm³/mol. The molecule has 5 rings (SSSR count). The molecule has 0 spiro atoms. The van der Waals surface area contributed by atoms with Crippen molar-refractivity contribution in [3.8, 4) is 0 Å². The number of anilines is 1. The van der Waals surface area contributed by atoms with E-state index in [9.17, 15) is 13.2 Å². The first-order valence-electron chi connectivity index (χ1n) is 11.4. The zero-order valence-corrected chi connectivity index (χ0v) is 22.0. The summed E-state index contributed by atoms with van der Waals surface area (Å²) in [5.74, 6) is -0.285. The van der Waals surface area contributed by atoms with Gasteiger partial charge in [-0.2, -0.15) is 4.31 Å². The predicted octanol–water partition coefficient (Wildman–Crippen LogP) is 5.00. The number of fused-ring (bicyclic) bond motifs is 1. The molecule has 0 bridgehead atoms. The molecule has 10 heteroatoms. The topological polar surface area (TPSA) is 83.5 Å². The summed E-state index contributed by atoms with van der Waals surface area (Å²) >= 11 is 2.74. The van der Waals surface area contributed by atoms with Gasteiger partial charge in [0.15, 0.2) is 5.13 Å². The van der Waals surface area contributed by atoms with Crippen molar-refractivity contribution in [1.29, 1.82) is 0 Å². The number of thiophene rings is 1. The van der Waals surface area contributed by atoms with Crippen molar-refractivity contribution in [1.82, 2.24) is 14.3 Å². The van der Waals surface area contributed by atoms with Gasteiger partial charge in [-0.25, -0.2) is 13.4 Å². The molecule has 1 aliphatic heterocycles. The lowest BCUT2D eigenvalue weighted by atomic mass is 9.96. The van der Waals surface area contributed by atoms with Crippen molar-refractivity contribution >= 4 is 54.0 Å². The summed E-state index contributed by atoms with van der Waals surface area (Å²) in [5, 5.41) is 2.43. The lowest BCUT2D eigenvalue weighted by Crippen LogP contribution is -2.44. The number of thiazole rings is 1. The summed E-state index contributed by atoms with van der Waals surface area (Å²) < 4.78 is 28.7. The molecule has 1 aromatic carbocycles. The van der Waals surface area contributed by atoms with Gasteiger partial charge in [0.05, 0.1) is 16.8 Å². The number of hydrogen-bond acceptors (Lipinski definition) is 7. The Bertz CT molecular complexity index is 1440. The van der Waals surface area contributed by atoms with Crippen LogP contribution in [-0.2, 0) is 21.4 Å². The lowest BCUT2D eigenvalue weighted by molar-refractivity contribution is -0.123. The molecule has 0 aliphatic carbocycles. The second-order valence-corrected chi connectivity index (χ2v) is 12.9. The molecule has 4 aromatic rings. The maximum Gasteiger partial charge on any atom is 0.252 e. The van der Waals surface area contributed by atoms with Gasteiger partial charge in [0.1, 0.15) is 4.21 Å². The second-order valence-electron chi connectivity index (χ2n) is 8.82. The molecule has 182 valence electrons. The Labute approximate surface area is 213 Å². The molecule has 0 saturated carbocycles. The summed E-state index contributed by atoms with van der Waals surface area (Å²) in [7, 11) is -3.51. The van der Waals surface area contributed by atoms with E-state index in [1.165, 1.54) is 27.0 Å². The van der Waals surface area contributed by atoms with Crippen molar-refractivity contribution < 1.29 is 13.2 Å². The van der Waals surface area contributed by atoms with Crippen molar-refractivity contribution in [2.45, 2.75) is 37.4 Å². The van der Waals surface area contributed by atoms with Crippen LogP contribution in [0.15, 0.2) is 58.4 Å². The van der Waals surface area contributed by atoms with Crippen LogP contribution in [0.4, 0.5) is 5.13 Å². The van der Waals surface area contributed by atoms with Crippen molar-refractivity contribution in [3.63, 3.8) is 0 Å². The SMILES string of the molecule is Cc1cc(C)c2sc(N(Cc3cccnc3)C(=O)C3CCN(S(=O)(=O)c4cccs4)CC3)nc2c1. The molecule has 1 saturated heterocycles. The van der Waals surface area contributed by atoms with Crippen molar-refractivity contribution in [3.05, 3.63) is 70.9 Å². The zero-order valence-electron chi connectivity index (χ0n) is 19.5. The number of sulfonamides is 1. The molecule has 1 aliphatic rings. The number of aromatic nitrogens is 2. The van der Waals surface area contributed by atoms with E-state index < -0.39 is 10.0 Å². The maximum atomic E-state index is 13.8. The Morgan fingerprint density at radius 1 is 1.17 bits per heavy atom. The van der Waals surface area contributed by atoms with Crippen LogP contribution in [0.3, 0.4) is 0 Å². The van der Waals surface area contributed by atoms with E-state index >= 15 is 0 Å². The van der Waals surface area contributed by atoms with Crippen LogP contribution >= 0.6 is 22.7 Å². The standard InChI is InChI=1S/C25H26N4O3S3/c1-17-13-18(2)23-21(14-17)27-25(34-23)29(16-19-5-3-9-26-15-19)24(30)20-7-10-28(11-8-20)35(31,32)22-6-4-12-33-22/h3-6,9,12-15,20H,7-8,10-11,16H2,1-2H3. The van der Waals surface area contributed by atoms with Crippen LogP contribution in [0.2, 0.25) is 0 Å². The van der Waals surface area contributed by atoms with Crippen LogP contribution in [0, 0.1) is 19.8 Å². The molecule has 0 radical (unpaired) electrons. The molecule has 1 amide bonds. The third-order valence-corrected chi connectivity index (χ3v) is 10.8. The number of benzene rings is 1. The summed E-state index contributed by atoms with van der Waals surface area (Å²) in [5.41, 5.74) is 4.09. The van der Waals surface area contributed by atoms with Gasteiger partial charge in [0, 0.05) is 31.4 Å². The van der Waals surface area contributed by atoms with E-state index in [-0.39, 0.29) is 11.8 Å². The molecule has 35 heavy (non-hydrogen) atoms. The number of carbonyl (C=O) groups excluding carboxylic acids is 1. The van der Waals surface area contributed by atoms with Gasteiger partial charge in [-0.1, -0.05) is 29.5 Å². The number of rotatable bonds is 6. The number of nitrogens with zero attached hydrogens (tertiary/aromatic N) is 4. The number of carbonyl (C=O) groups is 1. The van der Waals surface area contributed by atoms with Gasteiger partial charge >= 0.3 is 0 Å². The zero-order chi connectivity index (χ0) is 24.6. The minimum Gasteiger partial charge on any atom is -0.283 e. The Balaban J connectivity index is 1.40. The molecule has 1 fully saturated rings. The largest absolute Gasteiger partial charge is 0.283 e. The fourth-order valence-electron chi connectivity index (χ4n) is 4.50. The fourth-order valence-corrected chi connectivity index (χ4v) is 8.13. The molecular weight excluding hydrogens is 501 g/mol. The first-order chi connectivity index (χ1) is 16.8. The average Bonchev–Trinajstić information content (AvgIpc) is 3.54. The van der Waals surface area contributed by atoms with E-state index in [0.717, 1.165) is 26.9 Å². The lowest BCUT2D eigenvalue weighted by Gasteiger charge is -2.32. The Hall–Kier alpha value is -2.66. The van der Waals surface area contributed by atoms with E-state index in [4.69, 9.17) is 4.98 Å². The Kier molecular flexibility index (Phi) is 6.71. The minimum atomic E-state index is -3.51. The molecule has 0 atom stereocenters. The van der Waals surface area contributed by atoms with Crippen LogP contribution < -0.4 is 4.90 Å². The van der Waals surface area contributed by atoms with E-state index in [1.54, 1.807) is 34.8 Å². The first kappa shape index (κ1) is 24.1.